The zero-order valence-electron chi connectivity index (χ0n) is 12.7. The molecular formula is C19H23NO. The van der Waals surface area contributed by atoms with Crippen molar-refractivity contribution in [3.8, 4) is 11.1 Å². The van der Waals surface area contributed by atoms with Gasteiger partial charge in [0.25, 0.3) is 0 Å². The van der Waals surface area contributed by atoms with Crippen molar-refractivity contribution in [2.24, 2.45) is 0 Å². The molecule has 1 saturated heterocycles. The number of ether oxygens (including phenoxy) is 1. The summed E-state index contributed by atoms with van der Waals surface area (Å²) in [5, 5.41) is 0. The van der Waals surface area contributed by atoms with Crippen molar-refractivity contribution in [1.29, 1.82) is 0 Å². The van der Waals surface area contributed by atoms with Crippen LogP contribution in [0.4, 0.5) is 0 Å². The summed E-state index contributed by atoms with van der Waals surface area (Å²) in [4.78, 5) is 2.51. The highest BCUT2D eigenvalue weighted by Crippen LogP contribution is 2.25. The molecule has 0 amide bonds. The van der Waals surface area contributed by atoms with E-state index in [9.17, 15) is 0 Å². The number of benzene rings is 2. The van der Waals surface area contributed by atoms with Crippen molar-refractivity contribution in [2.45, 2.75) is 25.5 Å². The maximum Gasteiger partial charge on any atom is 0.0698 e. The predicted octanol–water partition coefficient (Wildman–Crippen LogP) is 3.96. The van der Waals surface area contributed by atoms with E-state index in [1.54, 1.807) is 0 Å². The number of likely N-dealkylation sites (tertiary alicyclic amines) is 1. The Morgan fingerprint density at radius 1 is 1.05 bits per heavy atom. The molecular weight excluding hydrogens is 258 g/mol. The predicted molar refractivity (Wildman–Crippen MR) is 87.2 cm³/mol. The van der Waals surface area contributed by atoms with Crippen molar-refractivity contribution >= 4 is 0 Å². The van der Waals surface area contributed by atoms with Gasteiger partial charge in [-0.25, -0.2) is 0 Å². The zero-order chi connectivity index (χ0) is 14.5. The van der Waals surface area contributed by atoms with Gasteiger partial charge < -0.3 is 4.74 Å². The lowest BCUT2D eigenvalue weighted by molar-refractivity contribution is 0.0286. The molecule has 3 rings (SSSR count). The minimum absolute atomic E-state index is 0.391. The molecule has 1 heterocycles. The standard InChI is InChI=1S/C19H23NO/c1-21-18-11-7-13-20(15-18)14-17-10-5-6-12-19(17)16-8-3-2-4-9-16/h2-6,8-10,12,18H,7,11,13-15H2,1H3. The molecule has 0 aromatic heterocycles. The van der Waals surface area contributed by atoms with Crippen LogP contribution in [0.3, 0.4) is 0 Å². The van der Waals surface area contributed by atoms with E-state index >= 15 is 0 Å². The molecule has 1 unspecified atom stereocenters. The number of hydrogen-bond donors (Lipinski definition) is 0. The van der Waals surface area contributed by atoms with E-state index in [4.69, 9.17) is 4.74 Å². The lowest BCUT2D eigenvalue weighted by Crippen LogP contribution is -2.38. The molecule has 2 aromatic rings. The molecule has 0 bridgehead atoms. The van der Waals surface area contributed by atoms with Crippen molar-refractivity contribution in [2.75, 3.05) is 20.2 Å². The summed E-state index contributed by atoms with van der Waals surface area (Å²) >= 11 is 0. The fourth-order valence-electron chi connectivity index (χ4n) is 3.15. The quantitative estimate of drug-likeness (QED) is 0.841. The third-order valence-corrected chi connectivity index (χ3v) is 4.29. The fourth-order valence-corrected chi connectivity index (χ4v) is 3.15. The second-order valence-corrected chi connectivity index (χ2v) is 5.76. The third-order valence-electron chi connectivity index (χ3n) is 4.29. The first-order chi connectivity index (χ1) is 10.4. The molecule has 2 heteroatoms. The lowest BCUT2D eigenvalue weighted by atomic mass is 9.98. The van der Waals surface area contributed by atoms with Crippen molar-refractivity contribution in [1.82, 2.24) is 4.90 Å². The van der Waals surface area contributed by atoms with Gasteiger partial charge in [0.2, 0.25) is 0 Å². The second-order valence-electron chi connectivity index (χ2n) is 5.76. The van der Waals surface area contributed by atoms with E-state index in [0.717, 1.165) is 13.1 Å². The highest BCUT2D eigenvalue weighted by molar-refractivity contribution is 5.67. The van der Waals surface area contributed by atoms with Crippen LogP contribution in [-0.4, -0.2) is 31.2 Å². The number of nitrogens with zero attached hydrogens (tertiary/aromatic N) is 1. The van der Waals surface area contributed by atoms with Gasteiger partial charge in [-0.1, -0.05) is 54.6 Å². The van der Waals surface area contributed by atoms with Gasteiger partial charge in [0.05, 0.1) is 6.10 Å². The van der Waals surface area contributed by atoms with Gasteiger partial charge in [-0.15, -0.1) is 0 Å². The second kappa shape index (κ2) is 6.88. The summed E-state index contributed by atoms with van der Waals surface area (Å²) in [5.41, 5.74) is 4.05. The number of hydrogen-bond acceptors (Lipinski definition) is 2. The molecule has 1 aliphatic rings. The Kier molecular flexibility index (Phi) is 4.69. The minimum Gasteiger partial charge on any atom is -0.380 e. The average Bonchev–Trinajstić information content (AvgIpc) is 2.56. The third kappa shape index (κ3) is 3.52. The average molecular weight is 281 g/mol. The molecule has 1 aliphatic heterocycles. The van der Waals surface area contributed by atoms with Crippen LogP contribution in [0.1, 0.15) is 18.4 Å². The van der Waals surface area contributed by atoms with E-state index in [1.807, 2.05) is 7.11 Å². The Balaban J connectivity index is 1.80. The van der Waals surface area contributed by atoms with Crippen LogP contribution in [0.25, 0.3) is 11.1 Å². The first-order valence-corrected chi connectivity index (χ1v) is 7.75. The van der Waals surface area contributed by atoms with E-state index in [2.05, 4.69) is 59.5 Å². The molecule has 0 N–H and O–H groups in total. The zero-order valence-corrected chi connectivity index (χ0v) is 12.7. The molecule has 0 aliphatic carbocycles. The van der Waals surface area contributed by atoms with Crippen molar-refractivity contribution in [3.05, 3.63) is 60.2 Å². The Labute approximate surface area is 127 Å². The number of methoxy groups -OCH3 is 1. The van der Waals surface area contributed by atoms with Crippen LogP contribution in [0.2, 0.25) is 0 Å². The Morgan fingerprint density at radius 2 is 1.81 bits per heavy atom. The SMILES string of the molecule is COC1CCCN(Cc2ccccc2-c2ccccc2)C1. The largest absolute Gasteiger partial charge is 0.380 e. The monoisotopic (exact) mass is 281 g/mol. The van der Waals surface area contributed by atoms with Crippen molar-refractivity contribution < 1.29 is 4.74 Å². The van der Waals surface area contributed by atoms with E-state index in [1.165, 1.54) is 36.1 Å². The molecule has 1 fully saturated rings. The smallest absolute Gasteiger partial charge is 0.0698 e. The van der Waals surface area contributed by atoms with Gasteiger partial charge >= 0.3 is 0 Å². The topological polar surface area (TPSA) is 12.5 Å². The van der Waals surface area contributed by atoms with Crippen LogP contribution < -0.4 is 0 Å². The Hall–Kier alpha value is -1.64. The summed E-state index contributed by atoms with van der Waals surface area (Å²) in [6, 6.07) is 19.4. The van der Waals surface area contributed by atoms with E-state index < -0.39 is 0 Å². The molecule has 110 valence electrons. The molecule has 0 saturated carbocycles. The molecule has 21 heavy (non-hydrogen) atoms. The summed E-state index contributed by atoms with van der Waals surface area (Å²) in [6.45, 7) is 3.22. The van der Waals surface area contributed by atoms with Crippen LogP contribution in [0.15, 0.2) is 54.6 Å². The van der Waals surface area contributed by atoms with Gasteiger partial charge in [0.1, 0.15) is 0 Å². The number of piperidine rings is 1. The molecule has 0 spiro atoms. The van der Waals surface area contributed by atoms with Crippen LogP contribution in [0, 0.1) is 0 Å². The summed E-state index contributed by atoms with van der Waals surface area (Å²) < 4.78 is 5.53. The lowest BCUT2D eigenvalue weighted by Gasteiger charge is -2.32. The normalized spacial score (nSPS) is 19.6. The van der Waals surface area contributed by atoms with Gasteiger partial charge in [-0.2, -0.15) is 0 Å². The maximum absolute atomic E-state index is 5.53. The highest BCUT2D eigenvalue weighted by atomic mass is 16.5. The van der Waals surface area contributed by atoms with Crippen LogP contribution in [-0.2, 0) is 11.3 Å². The van der Waals surface area contributed by atoms with E-state index in [0.29, 0.717) is 6.10 Å². The van der Waals surface area contributed by atoms with Crippen LogP contribution in [0.5, 0.6) is 0 Å². The van der Waals surface area contributed by atoms with E-state index in [-0.39, 0.29) is 0 Å². The summed E-state index contributed by atoms with van der Waals surface area (Å²) in [7, 11) is 1.83. The molecule has 1 atom stereocenters. The minimum atomic E-state index is 0.391. The first-order valence-electron chi connectivity index (χ1n) is 7.75. The van der Waals surface area contributed by atoms with Crippen molar-refractivity contribution in [3.63, 3.8) is 0 Å². The van der Waals surface area contributed by atoms with Gasteiger partial charge in [-0.3, -0.25) is 4.90 Å². The Morgan fingerprint density at radius 3 is 2.62 bits per heavy atom. The molecule has 0 radical (unpaired) electrons. The highest BCUT2D eigenvalue weighted by Gasteiger charge is 2.20. The summed E-state index contributed by atoms with van der Waals surface area (Å²) in [6.07, 6.45) is 2.81. The molecule has 2 nitrogen and oxygen atoms in total. The van der Waals surface area contributed by atoms with Crippen LogP contribution >= 0.6 is 0 Å². The van der Waals surface area contributed by atoms with Gasteiger partial charge in [0.15, 0.2) is 0 Å². The Bertz CT molecular complexity index is 567. The first kappa shape index (κ1) is 14.3. The van der Waals surface area contributed by atoms with Gasteiger partial charge in [0, 0.05) is 20.2 Å². The fraction of sp³-hybridized carbons (Fsp3) is 0.368. The molecule has 2 aromatic carbocycles. The summed E-state index contributed by atoms with van der Waals surface area (Å²) in [5.74, 6) is 0. The van der Waals surface area contributed by atoms with Gasteiger partial charge in [-0.05, 0) is 36.1 Å². The number of rotatable bonds is 4. The maximum atomic E-state index is 5.53.